The number of benzene rings is 12. The van der Waals surface area contributed by atoms with Crippen LogP contribution in [0.1, 0.15) is 150 Å². The van der Waals surface area contributed by atoms with Crippen molar-refractivity contribution in [2.45, 2.75) is 105 Å². The minimum atomic E-state index is -0.823. The van der Waals surface area contributed by atoms with Gasteiger partial charge in [0.05, 0.1) is 0 Å². The number of hydrogen-bond donors (Lipinski definition) is 2. The molecule has 0 saturated carbocycles. The largest absolute Gasteiger partial charge is 0.632 e. The fourth-order valence-corrected chi connectivity index (χ4v) is 16.1. The third-order valence-electron chi connectivity index (χ3n) is 23.6. The lowest BCUT2D eigenvalue weighted by Crippen LogP contribution is -2.38. The zero-order chi connectivity index (χ0) is 90.3. The highest BCUT2D eigenvalue weighted by Crippen LogP contribution is 2.49. The highest BCUT2D eigenvalue weighted by Gasteiger charge is 2.41. The lowest BCUT2D eigenvalue weighted by Gasteiger charge is -2.18. The van der Waals surface area contributed by atoms with Crippen LogP contribution in [0.4, 0.5) is 0 Å². The van der Waals surface area contributed by atoms with Crippen molar-refractivity contribution in [3.8, 4) is 186 Å². The first-order valence-electron chi connectivity index (χ1n) is 43.5. The van der Waals surface area contributed by atoms with Crippen LogP contribution < -0.4 is 59.1 Å². The van der Waals surface area contributed by atoms with Gasteiger partial charge in [-0.3, -0.25) is 0 Å². The van der Waals surface area contributed by atoms with E-state index >= 15 is 0 Å². The third-order valence-corrected chi connectivity index (χ3v) is 23.6. The molecule has 0 unspecified atom stereocenters. The summed E-state index contributed by atoms with van der Waals surface area (Å²) in [7, 11) is -3.29. The number of nitrogens with one attached hydrogen (secondary N) is 2. The molecule has 0 saturated heterocycles. The topological polar surface area (TPSA) is 183 Å². The lowest BCUT2D eigenvalue weighted by atomic mass is 9.79. The van der Waals surface area contributed by atoms with E-state index < -0.39 is 28.5 Å². The molecule has 20 heteroatoms. The monoisotopic (exact) mass is 1710 g/mol. The molecular weight excluding hydrogens is 1630 g/mol. The Labute approximate surface area is 767 Å². The first-order chi connectivity index (χ1) is 63.7. The molecule has 0 atom stereocenters. The quantitative estimate of drug-likeness (QED) is 0.125. The summed E-state index contributed by atoms with van der Waals surface area (Å²) in [6.07, 6.45) is 0. The van der Waals surface area contributed by atoms with Crippen molar-refractivity contribution in [3.63, 3.8) is 0 Å². The van der Waals surface area contributed by atoms with Crippen LogP contribution in [0, 0.1) is 94.7 Å². The van der Waals surface area contributed by atoms with E-state index in [1.165, 1.54) is 22.3 Å². The summed E-state index contributed by atoms with van der Waals surface area (Å²) in [5, 5.41) is 2.52. The Morgan fingerprint density at radius 2 is 0.364 bits per heavy atom. The van der Waals surface area contributed by atoms with Gasteiger partial charge in [0.25, 0.3) is 0 Å². The van der Waals surface area contributed by atoms with Crippen LogP contribution in [0.15, 0.2) is 243 Å². The Morgan fingerprint density at radius 1 is 0.205 bits per heavy atom. The number of fused-ring (bicyclic) bond motifs is 24. The molecule has 3 aromatic heterocycles. The maximum Gasteiger partial charge on any atom is 0.632 e. The van der Waals surface area contributed by atoms with E-state index in [-0.39, 0.29) is 21.7 Å². The molecule has 16 nitrogen and oxygen atoms in total. The normalized spacial score (nSPS) is 12.6. The molecule has 2 N–H and O–H groups in total. The predicted molar refractivity (Wildman–Crippen MR) is 524 cm³/mol. The van der Waals surface area contributed by atoms with E-state index in [1.807, 2.05) is 194 Å². The van der Waals surface area contributed by atoms with Gasteiger partial charge in [-0.05, 0) is 237 Å². The summed E-state index contributed by atoms with van der Waals surface area (Å²) in [5.74, 6) is 54.6. The Hall–Kier alpha value is -16.9. The first kappa shape index (κ1) is 82.1. The van der Waals surface area contributed by atoms with Crippen molar-refractivity contribution >= 4 is 94.5 Å². The van der Waals surface area contributed by atoms with E-state index in [0.717, 1.165) is 66.4 Å². The van der Waals surface area contributed by atoms with Crippen molar-refractivity contribution in [3.05, 3.63) is 309 Å². The fourth-order valence-electron chi connectivity index (χ4n) is 16.1. The van der Waals surface area contributed by atoms with Gasteiger partial charge in [0, 0.05) is 110 Å². The fraction of sp³-hybridized carbons (Fsp3) is 0.143. The predicted octanol–water partition coefficient (Wildman–Crippen LogP) is 18.3. The van der Waals surface area contributed by atoms with Crippen molar-refractivity contribution < 1.29 is 37.2 Å². The van der Waals surface area contributed by atoms with Crippen LogP contribution in [0.2, 0.25) is 0 Å². The van der Waals surface area contributed by atoms with E-state index in [1.54, 1.807) is 0 Å². The van der Waals surface area contributed by atoms with E-state index in [9.17, 15) is 0 Å². The molecule has 132 heavy (non-hydrogen) atoms. The highest BCUT2D eigenvalue weighted by atomic mass is 16.6. The second-order valence-electron chi connectivity index (χ2n) is 37.1. The molecule has 12 aromatic carbocycles. The summed E-state index contributed by atoms with van der Waals surface area (Å²) in [6.45, 7) is 26.3. The molecule has 6 aliphatic heterocycles. The molecule has 9 heterocycles. The van der Waals surface area contributed by atoms with Crippen LogP contribution in [-0.2, 0) is 21.7 Å². The smallest absolute Gasteiger partial charge is 0.519 e. The Balaban J connectivity index is 0.657. The summed E-state index contributed by atoms with van der Waals surface area (Å²) < 4.78 is 53.9. The highest BCUT2D eigenvalue weighted by molar-refractivity contribution is 6.65. The molecule has 0 radical (unpaired) electrons. The number of rotatable bonds is 4. The van der Waals surface area contributed by atoms with Gasteiger partial charge in [-0.25, -0.2) is 29.9 Å². The van der Waals surface area contributed by atoms with Crippen LogP contribution in [0.3, 0.4) is 0 Å². The summed E-state index contributed by atoms with van der Waals surface area (Å²) in [5.41, 5.74) is 18.9. The van der Waals surface area contributed by atoms with Crippen LogP contribution >= 0.6 is 0 Å². The molecule has 0 spiro atoms. The second-order valence-corrected chi connectivity index (χ2v) is 37.1. The van der Waals surface area contributed by atoms with Crippen LogP contribution in [0.25, 0.3) is 89.7 Å². The summed E-state index contributed by atoms with van der Waals surface area (Å²) >= 11 is 0. The zero-order valence-electron chi connectivity index (χ0n) is 74.4. The van der Waals surface area contributed by atoms with Crippen molar-refractivity contribution in [1.29, 1.82) is 0 Å². The van der Waals surface area contributed by atoms with Crippen LogP contribution in [-0.4, -0.2) is 68.3 Å². The molecule has 15 aromatic rings. The second kappa shape index (κ2) is 32.8. The molecular formula is C112H78B4N8O8. The SMILES string of the molecule is CC(C)(C)c1ccc(C#CC#Cc2ccc(B3Oc4cc5c(cc4O3)-c3nc-5nc4[nH]c(nc5nc(nc6[nH]c(n3)c3cc7c(cc63)OB(c3ccc(C#CC#Cc6ccc(C(C)(C)C)cc6)cc3)O7)-c3cc6c(cc3-5)OB(c3ccc(C#CC#Cc5ccc(C(C)(C)C)cc5)cc3)O6)c3cc5c(cc43)OB(c3ccc(C#CC#Cc4ccc(C(C)(C)C)cc4)cc3)O5)cc2)cc1. The summed E-state index contributed by atoms with van der Waals surface area (Å²) in [4.78, 5) is 39.8. The maximum absolute atomic E-state index is 6.74. The minimum Gasteiger partial charge on any atom is -0.519 e. The standard InChI is InChI=1S/C112H78B4N8O8/c1-109(2,3)77-45-29-69(30-46-77)21-13-17-25-73-37-53-81(54-38-73)113-125-93-61-85-86(62-94(93)126-113)102-117-101(85)121-103-87-63-95-97(129-114(127-95)82-55-39-74(40-56-82)26-18-14-22-70-31-47-78(48-32-70)110(4,5)6)65-89(87)105(118-103)123-107-91-67-99-100(132-116(131-99)84-59-43-76(44-60-84)28-20-16-24-72-35-51-80(52-36-72)112(10,11)12)68-92(91)108(120-107)124-106-90-66-98-96(64-88(90)104(119-106)122-102)128-115(130-98)83-57-41-75(42-58-83)27-19-15-23-71-33-49-79(50-34-71)111(7,8)9/h29-68H,1-12H3,(H2,117,118,119,120,121,122,123,124). The number of H-pyrrole nitrogens is 2. The third kappa shape index (κ3) is 16.8. The molecule has 0 fully saturated rings. The average Bonchev–Trinajstić information content (AvgIpc) is 1.58. The molecule has 21 rings (SSSR count). The van der Waals surface area contributed by atoms with Gasteiger partial charge >= 0.3 is 28.5 Å². The Bertz CT molecular complexity index is 7430. The van der Waals surface area contributed by atoms with Gasteiger partial charge in [0.15, 0.2) is 23.3 Å². The number of aromatic amines is 2. The van der Waals surface area contributed by atoms with Gasteiger partial charge in [-0.15, -0.1) is 0 Å². The molecule has 0 aliphatic carbocycles. The van der Waals surface area contributed by atoms with E-state index in [0.29, 0.717) is 136 Å². The minimum absolute atomic E-state index is 0.0422. The van der Waals surface area contributed by atoms with Gasteiger partial charge < -0.3 is 47.2 Å². The molecule has 8 bridgehead atoms. The maximum atomic E-state index is 6.74. The van der Waals surface area contributed by atoms with Gasteiger partial charge in [-0.2, -0.15) is 0 Å². The Kier molecular flexibility index (Phi) is 20.4. The van der Waals surface area contributed by atoms with Gasteiger partial charge in [0.2, 0.25) is 0 Å². The molecule has 6 aliphatic rings. The number of aromatic nitrogens is 8. The van der Waals surface area contributed by atoms with Crippen LogP contribution in [0.5, 0.6) is 46.0 Å². The van der Waals surface area contributed by atoms with Crippen molar-refractivity contribution in [2.75, 3.05) is 0 Å². The van der Waals surface area contributed by atoms with E-state index in [2.05, 4.69) is 236 Å². The first-order valence-corrected chi connectivity index (χ1v) is 43.5. The van der Waals surface area contributed by atoms with E-state index in [4.69, 9.17) is 67.1 Å². The molecule has 626 valence electrons. The van der Waals surface area contributed by atoms with Gasteiger partial charge in [-0.1, -0.05) is 228 Å². The van der Waals surface area contributed by atoms with Gasteiger partial charge in [0.1, 0.15) is 68.6 Å². The zero-order valence-corrected chi connectivity index (χ0v) is 74.4. The van der Waals surface area contributed by atoms with Crippen molar-refractivity contribution in [2.24, 2.45) is 0 Å². The Morgan fingerprint density at radius 3 is 0.530 bits per heavy atom. The average molecular weight is 1710 g/mol. The van der Waals surface area contributed by atoms with Crippen molar-refractivity contribution in [1.82, 2.24) is 39.9 Å². The lowest BCUT2D eigenvalue weighted by molar-refractivity contribution is 0.518. The molecule has 0 amide bonds. The number of hydrogen-bond acceptors (Lipinski definition) is 14. The number of nitrogens with zero attached hydrogens (tertiary/aromatic N) is 6. The summed E-state index contributed by atoms with van der Waals surface area (Å²) in [6, 6.07) is 79.3.